The van der Waals surface area contributed by atoms with Crippen molar-refractivity contribution in [3.05, 3.63) is 57.5 Å². The summed E-state index contributed by atoms with van der Waals surface area (Å²) in [6, 6.07) is 7.55. The van der Waals surface area contributed by atoms with Gasteiger partial charge < -0.3 is 24.7 Å². The summed E-state index contributed by atoms with van der Waals surface area (Å²) >= 11 is 0. The van der Waals surface area contributed by atoms with Crippen molar-refractivity contribution in [3.63, 3.8) is 0 Å². The summed E-state index contributed by atoms with van der Waals surface area (Å²) in [4.78, 5) is 28.0. The van der Waals surface area contributed by atoms with E-state index in [1.54, 1.807) is 29.9 Å². The van der Waals surface area contributed by atoms with Crippen LogP contribution in [0.3, 0.4) is 0 Å². The number of carbonyl (C=O) groups is 1. The molecule has 1 amide bonds. The fourth-order valence-corrected chi connectivity index (χ4v) is 3.99. The molecule has 2 N–H and O–H groups in total. The lowest BCUT2D eigenvalue weighted by Gasteiger charge is -2.32. The molecule has 0 bridgehead atoms. The van der Waals surface area contributed by atoms with Gasteiger partial charge in [0.25, 0.3) is 11.5 Å². The second kappa shape index (κ2) is 9.80. The van der Waals surface area contributed by atoms with Gasteiger partial charge in [0.2, 0.25) is 0 Å². The number of aryl methyl sites for hydroxylation is 3. The fourth-order valence-electron chi connectivity index (χ4n) is 3.99. The first-order valence-corrected chi connectivity index (χ1v) is 10.4. The van der Waals surface area contributed by atoms with Gasteiger partial charge in [-0.3, -0.25) is 9.59 Å². The monoisotopic (exact) mass is 413 g/mol. The Kier molecular flexibility index (Phi) is 7.15. The summed E-state index contributed by atoms with van der Waals surface area (Å²) in [6.45, 7) is 4.15. The van der Waals surface area contributed by atoms with Crippen LogP contribution in [0.25, 0.3) is 0 Å². The third-order valence-corrected chi connectivity index (χ3v) is 5.82. The predicted molar refractivity (Wildman–Crippen MR) is 116 cm³/mol. The lowest BCUT2D eigenvalue weighted by atomic mass is 9.97. The number of nitrogens with two attached hydrogens (primary N) is 1. The second-order valence-electron chi connectivity index (χ2n) is 7.81. The first-order valence-electron chi connectivity index (χ1n) is 10.4. The van der Waals surface area contributed by atoms with Crippen molar-refractivity contribution >= 4 is 5.91 Å². The van der Waals surface area contributed by atoms with Crippen LogP contribution in [0.4, 0.5) is 0 Å². The first kappa shape index (κ1) is 21.9. The highest BCUT2D eigenvalue weighted by Crippen LogP contribution is 2.27. The van der Waals surface area contributed by atoms with E-state index in [9.17, 15) is 9.59 Å². The van der Waals surface area contributed by atoms with Gasteiger partial charge in [0.15, 0.2) is 11.5 Å². The quantitative estimate of drug-likeness (QED) is 0.752. The number of pyridine rings is 1. The molecule has 1 aliphatic rings. The smallest absolute Gasteiger partial charge is 0.263 e. The molecule has 1 aliphatic heterocycles. The maximum Gasteiger partial charge on any atom is 0.263 e. The minimum Gasteiger partial charge on any atom is -0.493 e. The zero-order chi connectivity index (χ0) is 21.7. The van der Waals surface area contributed by atoms with Gasteiger partial charge in [0.05, 0.1) is 14.2 Å². The molecular weight excluding hydrogens is 382 g/mol. The third kappa shape index (κ3) is 4.67. The first-order chi connectivity index (χ1) is 14.5. The largest absolute Gasteiger partial charge is 0.493 e. The number of hydrogen-bond donors (Lipinski definition) is 1. The van der Waals surface area contributed by atoms with E-state index in [0.29, 0.717) is 55.6 Å². The predicted octanol–water partition coefficient (Wildman–Crippen LogP) is 2.23. The molecule has 1 aromatic carbocycles. The molecular formula is C23H31N3O4. The Morgan fingerprint density at radius 1 is 1.20 bits per heavy atom. The summed E-state index contributed by atoms with van der Waals surface area (Å²) in [5.74, 6) is 1.44. The van der Waals surface area contributed by atoms with Crippen molar-refractivity contribution in [3.8, 4) is 11.5 Å². The Bertz CT molecular complexity index is 954. The van der Waals surface area contributed by atoms with Crippen LogP contribution in [0.1, 0.15) is 34.3 Å². The van der Waals surface area contributed by atoms with Gasteiger partial charge in [0.1, 0.15) is 5.56 Å². The van der Waals surface area contributed by atoms with Crippen molar-refractivity contribution in [1.29, 1.82) is 0 Å². The van der Waals surface area contributed by atoms with Gasteiger partial charge in [-0.05, 0) is 68.0 Å². The Morgan fingerprint density at radius 3 is 2.67 bits per heavy atom. The van der Waals surface area contributed by atoms with Gasteiger partial charge in [-0.15, -0.1) is 0 Å². The van der Waals surface area contributed by atoms with E-state index in [2.05, 4.69) is 0 Å². The molecule has 0 aliphatic carbocycles. The Labute approximate surface area is 177 Å². The minimum absolute atomic E-state index is 0.184. The van der Waals surface area contributed by atoms with E-state index >= 15 is 0 Å². The van der Waals surface area contributed by atoms with Crippen LogP contribution >= 0.6 is 0 Å². The number of benzene rings is 1. The highest BCUT2D eigenvalue weighted by atomic mass is 16.5. The summed E-state index contributed by atoms with van der Waals surface area (Å²) < 4.78 is 12.2. The number of amides is 1. The molecule has 1 unspecified atom stereocenters. The SMILES string of the molecule is COc1ccc(CCn2ccc(C)c(C(=O)N3CCCC(CN)C3)c2=O)cc1OC. The van der Waals surface area contributed by atoms with E-state index < -0.39 is 0 Å². The summed E-state index contributed by atoms with van der Waals surface area (Å²) in [6.07, 6.45) is 4.35. The molecule has 162 valence electrons. The number of rotatable bonds is 7. The van der Waals surface area contributed by atoms with Crippen LogP contribution < -0.4 is 20.8 Å². The Morgan fingerprint density at radius 2 is 1.97 bits per heavy atom. The maximum absolute atomic E-state index is 13.1. The topological polar surface area (TPSA) is 86.8 Å². The minimum atomic E-state index is -0.240. The zero-order valence-corrected chi connectivity index (χ0v) is 18.0. The van der Waals surface area contributed by atoms with Crippen LogP contribution in [0.5, 0.6) is 11.5 Å². The molecule has 0 radical (unpaired) electrons. The lowest BCUT2D eigenvalue weighted by molar-refractivity contribution is 0.0675. The number of piperidine rings is 1. The Balaban J connectivity index is 1.79. The van der Waals surface area contributed by atoms with E-state index in [0.717, 1.165) is 18.4 Å². The molecule has 7 heteroatoms. The molecule has 7 nitrogen and oxygen atoms in total. The van der Waals surface area contributed by atoms with Crippen molar-refractivity contribution in [2.75, 3.05) is 33.9 Å². The molecule has 1 fully saturated rings. The number of aromatic nitrogens is 1. The highest BCUT2D eigenvalue weighted by Gasteiger charge is 2.26. The molecule has 1 aromatic heterocycles. The molecule has 3 rings (SSSR count). The Hall–Kier alpha value is -2.80. The molecule has 0 spiro atoms. The fraction of sp³-hybridized carbons (Fsp3) is 0.478. The van der Waals surface area contributed by atoms with E-state index in [1.807, 2.05) is 31.2 Å². The van der Waals surface area contributed by atoms with Crippen LogP contribution in [0.2, 0.25) is 0 Å². The van der Waals surface area contributed by atoms with Gasteiger partial charge in [-0.1, -0.05) is 6.07 Å². The van der Waals surface area contributed by atoms with E-state index in [-0.39, 0.29) is 17.0 Å². The summed E-state index contributed by atoms with van der Waals surface area (Å²) in [5, 5.41) is 0. The molecule has 1 saturated heterocycles. The zero-order valence-electron chi connectivity index (χ0n) is 18.0. The number of hydrogen-bond acceptors (Lipinski definition) is 5. The second-order valence-corrected chi connectivity index (χ2v) is 7.81. The normalized spacial score (nSPS) is 16.4. The number of likely N-dealkylation sites (tertiary alicyclic amines) is 1. The molecule has 30 heavy (non-hydrogen) atoms. The maximum atomic E-state index is 13.1. The number of methoxy groups -OCH3 is 2. The molecule has 1 atom stereocenters. The summed E-state index contributed by atoms with van der Waals surface area (Å²) in [5.41, 5.74) is 7.56. The van der Waals surface area contributed by atoms with E-state index in [1.165, 1.54) is 0 Å². The number of ether oxygens (including phenoxy) is 2. The van der Waals surface area contributed by atoms with Gasteiger partial charge in [0, 0.05) is 25.8 Å². The van der Waals surface area contributed by atoms with Crippen molar-refractivity contribution < 1.29 is 14.3 Å². The highest BCUT2D eigenvalue weighted by molar-refractivity contribution is 5.95. The lowest BCUT2D eigenvalue weighted by Crippen LogP contribution is -2.44. The van der Waals surface area contributed by atoms with Crippen LogP contribution in [0, 0.1) is 12.8 Å². The van der Waals surface area contributed by atoms with E-state index in [4.69, 9.17) is 15.2 Å². The standard InChI is InChI=1S/C23H31N3O4/c1-16-8-11-25(12-9-17-6-7-19(29-2)20(13-17)30-3)22(27)21(16)23(28)26-10-4-5-18(14-24)15-26/h6-8,11,13,18H,4-5,9-10,12,14-15,24H2,1-3H3. The van der Waals surface area contributed by atoms with Gasteiger partial charge in [-0.2, -0.15) is 0 Å². The molecule has 0 saturated carbocycles. The average molecular weight is 414 g/mol. The average Bonchev–Trinajstić information content (AvgIpc) is 2.78. The summed E-state index contributed by atoms with van der Waals surface area (Å²) in [7, 11) is 3.19. The van der Waals surface area contributed by atoms with Crippen molar-refractivity contribution in [2.45, 2.75) is 32.7 Å². The van der Waals surface area contributed by atoms with Gasteiger partial charge >= 0.3 is 0 Å². The van der Waals surface area contributed by atoms with Crippen molar-refractivity contribution in [1.82, 2.24) is 9.47 Å². The van der Waals surface area contributed by atoms with Crippen LogP contribution in [-0.4, -0.2) is 49.2 Å². The molecule has 2 heterocycles. The third-order valence-electron chi connectivity index (χ3n) is 5.82. The van der Waals surface area contributed by atoms with Crippen molar-refractivity contribution in [2.24, 2.45) is 11.7 Å². The van der Waals surface area contributed by atoms with Gasteiger partial charge in [-0.25, -0.2) is 0 Å². The van der Waals surface area contributed by atoms with Crippen LogP contribution in [-0.2, 0) is 13.0 Å². The number of nitrogens with zero attached hydrogens (tertiary/aromatic N) is 2. The number of carbonyl (C=O) groups excluding carboxylic acids is 1. The van der Waals surface area contributed by atoms with Crippen LogP contribution in [0.15, 0.2) is 35.3 Å². The molecule has 2 aromatic rings.